The molecule has 0 N–H and O–H groups in total. The summed E-state index contributed by atoms with van der Waals surface area (Å²) in [4.78, 5) is 9.14. The van der Waals surface area contributed by atoms with E-state index in [0.717, 1.165) is 11.1 Å². The summed E-state index contributed by atoms with van der Waals surface area (Å²) >= 11 is 0. The second kappa shape index (κ2) is 8.06. The van der Waals surface area contributed by atoms with E-state index in [0.29, 0.717) is 35.1 Å². The molecule has 0 saturated carbocycles. The highest BCUT2D eigenvalue weighted by Crippen LogP contribution is 2.32. The van der Waals surface area contributed by atoms with Crippen molar-refractivity contribution in [1.29, 1.82) is 0 Å². The van der Waals surface area contributed by atoms with Crippen molar-refractivity contribution in [2.45, 2.75) is 27.1 Å². The minimum Gasteiger partial charge on any atom is -0.497 e. The summed E-state index contributed by atoms with van der Waals surface area (Å²) in [5.74, 6) is 1.86. The predicted octanol–water partition coefficient (Wildman–Crippen LogP) is 3.32. The smallest absolute Gasteiger partial charge is 0.196 e. The summed E-state index contributed by atoms with van der Waals surface area (Å²) in [5.41, 5.74) is 2.86. The zero-order valence-electron chi connectivity index (χ0n) is 16.1. The Morgan fingerprint density at radius 2 is 2.07 bits per heavy atom. The molecule has 7 nitrogen and oxygen atoms in total. The molecule has 0 amide bonds. The zero-order chi connectivity index (χ0) is 19.6. The van der Waals surface area contributed by atoms with Crippen LogP contribution in [0.15, 0.2) is 30.5 Å². The number of hydrogen-bond donors (Lipinski definition) is 0. The summed E-state index contributed by atoms with van der Waals surface area (Å²) in [7, 11) is 0.286. The van der Waals surface area contributed by atoms with E-state index < -0.39 is 11.0 Å². The molecule has 144 valence electrons. The molecule has 2 heterocycles. The van der Waals surface area contributed by atoms with Crippen molar-refractivity contribution in [3.05, 3.63) is 36.0 Å². The highest BCUT2D eigenvalue weighted by Gasteiger charge is 2.20. The maximum Gasteiger partial charge on any atom is 0.196 e. The van der Waals surface area contributed by atoms with Gasteiger partial charge in [0.2, 0.25) is 0 Å². The van der Waals surface area contributed by atoms with Gasteiger partial charge in [-0.25, -0.2) is 13.2 Å². The van der Waals surface area contributed by atoms with Gasteiger partial charge in [0, 0.05) is 30.7 Å². The number of benzene rings is 1. The first-order chi connectivity index (χ1) is 13.0. The fourth-order valence-corrected chi connectivity index (χ4v) is 3.70. The maximum atomic E-state index is 12.5. The van der Waals surface area contributed by atoms with Crippen LogP contribution in [0.4, 0.5) is 0 Å². The number of pyridine rings is 1. The molecule has 2 atom stereocenters. The lowest BCUT2D eigenvalue weighted by Gasteiger charge is -2.17. The van der Waals surface area contributed by atoms with Gasteiger partial charge < -0.3 is 14.2 Å². The van der Waals surface area contributed by atoms with E-state index in [1.54, 1.807) is 29.6 Å². The molecule has 0 fully saturated rings. The SMILES string of the molecule is CCOC(C)Oc1ccnc(-c2nc3cc(OC)ccc3n2S(C)=O)c1C. The maximum absolute atomic E-state index is 12.5. The number of methoxy groups -OCH3 is 1. The summed E-state index contributed by atoms with van der Waals surface area (Å²) in [6, 6.07) is 7.27. The molecule has 0 radical (unpaired) electrons. The Kier molecular flexibility index (Phi) is 5.76. The van der Waals surface area contributed by atoms with Gasteiger partial charge in [-0.05, 0) is 39.0 Å². The van der Waals surface area contributed by atoms with Crippen LogP contribution in [0.5, 0.6) is 11.5 Å². The first-order valence-electron chi connectivity index (χ1n) is 8.60. The van der Waals surface area contributed by atoms with Crippen LogP contribution >= 0.6 is 0 Å². The monoisotopic (exact) mass is 389 g/mol. The van der Waals surface area contributed by atoms with Crippen molar-refractivity contribution in [1.82, 2.24) is 13.9 Å². The van der Waals surface area contributed by atoms with E-state index >= 15 is 0 Å². The second-order valence-electron chi connectivity index (χ2n) is 5.93. The van der Waals surface area contributed by atoms with Crippen LogP contribution in [0.2, 0.25) is 0 Å². The van der Waals surface area contributed by atoms with E-state index in [-0.39, 0.29) is 6.29 Å². The van der Waals surface area contributed by atoms with Crippen molar-refractivity contribution in [2.24, 2.45) is 0 Å². The Hall–Kier alpha value is -2.45. The van der Waals surface area contributed by atoms with E-state index in [1.807, 2.05) is 39.0 Å². The fourth-order valence-electron chi connectivity index (χ4n) is 2.89. The standard InChI is InChI=1S/C19H23N3O4S/c1-6-25-13(3)26-17-9-10-20-18(12(17)2)19-21-15-11-14(24-4)7-8-16(15)22(19)27(5)23/h7-11,13H,6H2,1-5H3. The molecule has 0 spiro atoms. The van der Waals surface area contributed by atoms with Crippen molar-refractivity contribution < 1.29 is 18.4 Å². The Balaban J connectivity index is 2.14. The van der Waals surface area contributed by atoms with Gasteiger partial charge in [0.15, 0.2) is 12.1 Å². The third kappa shape index (κ3) is 3.81. The van der Waals surface area contributed by atoms with Crippen molar-refractivity contribution >= 4 is 22.0 Å². The molecular weight excluding hydrogens is 366 g/mol. The third-order valence-electron chi connectivity index (χ3n) is 4.14. The number of ether oxygens (including phenoxy) is 3. The summed E-state index contributed by atoms with van der Waals surface area (Å²) < 4.78 is 30.7. The Morgan fingerprint density at radius 3 is 2.74 bits per heavy atom. The second-order valence-corrected chi connectivity index (χ2v) is 7.14. The number of nitrogens with zero attached hydrogens (tertiary/aromatic N) is 3. The summed E-state index contributed by atoms with van der Waals surface area (Å²) in [5, 5.41) is 0. The summed E-state index contributed by atoms with van der Waals surface area (Å²) in [6.07, 6.45) is 2.88. The predicted molar refractivity (Wildman–Crippen MR) is 105 cm³/mol. The van der Waals surface area contributed by atoms with Gasteiger partial charge in [-0.15, -0.1) is 0 Å². The van der Waals surface area contributed by atoms with Gasteiger partial charge in [-0.1, -0.05) is 0 Å². The molecule has 0 aliphatic rings. The van der Waals surface area contributed by atoms with Crippen LogP contribution in [-0.4, -0.2) is 44.4 Å². The van der Waals surface area contributed by atoms with E-state index in [4.69, 9.17) is 14.2 Å². The van der Waals surface area contributed by atoms with Crippen LogP contribution in [0.1, 0.15) is 19.4 Å². The van der Waals surface area contributed by atoms with Gasteiger partial charge >= 0.3 is 0 Å². The Morgan fingerprint density at radius 1 is 1.30 bits per heavy atom. The topological polar surface area (TPSA) is 75.5 Å². The van der Waals surface area contributed by atoms with Crippen molar-refractivity contribution in [2.75, 3.05) is 20.0 Å². The van der Waals surface area contributed by atoms with E-state index in [9.17, 15) is 4.21 Å². The highest BCUT2D eigenvalue weighted by atomic mass is 32.2. The molecule has 27 heavy (non-hydrogen) atoms. The first-order valence-corrected chi connectivity index (χ1v) is 10.1. The van der Waals surface area contributed by atoms with Crippen LogP contribution in [0, 0.1) is 6.92 Å². The number of aromatic nitrogens is 3. The average molecular weight is 389 g/mol. The molecule has 1 aromatic carbocycles. The number of hydrogen-bond acceptors (Lipinski definition) is 6. The molecule has 3 rings (SSSR count). The molecule has 8 heteroatoms. The lowest BCUT2D eigenvalue weighted by molar-refractivity contribution is -0.0616. The molecule has 0 saturated heterocycles. The number of rotatable bonds is 7. The quantitative estimate of drug-likeness (QED) is 0.577. The molecule has 0 aliphatic carbocycles. The fraction of sp³-hybridized carbons (Fsp3) is 0.368. The van der Waals surface area contributed by atoms with E-state index in [1.165, 1.54) is 0 Å². The molecule has 3 aromatic rings. The summed E-state index contributed by atoms with van der Waals surface area (Å²) in [6.45, 7) is 6.22. The average Bonchev–Trinajstić information content (AvgIpc) is 3.02. The lowest BCUT2D eigenvalue weighted by atomic mass is 10.2. The highest BCUT2D eigenvalue weighted by molar-refractivity contribution is 7.83. The van der Waals surface area contributed by atoms with E-state index in [2.05, 4.69) is 9.97 Å². The van der Waals surface area contributed by atoms with Crippen molar-refractivity contribution in [3.8, 4) is 23.0 Å². The third-order valence-corrected chi connectivity index (χ3v) is 5.02. The molecular formula is C19H23N3O4S. The molecule has 0 bridgehead atoms. The van der Waals surface area contributed by atoms with Gasteiger partial charge in [0.25, 0.3) is 0 Å². The normalized spacial score (nSPS) is 13.5. The number of imidazole rings is 1. The molecule has 0 aliphatic heterocycles. The number of fused-ring (bicyclic) bond motifs is 1. The van der Waals surface area contributed by atoms with Crippen LogP contribution in [-0.2, 0) is 15.7 Å². The van der Waals surface area contributed by atoms with Gasteiger partial charge in [0.1, 0.15) is 28.2 Å². The minimum atomic E-state index is -1.31. The van der Waals surface area contributed by atoms with Gasteiger partial charge in [-0.2, -0.15) is 0 Å². The Labute approximate surface area is 160 Å². The van der Waals surface area contributed by atoms with Gasteiger partial charge in [-0.3, -0.25) is 4.98 Å². The molecule has 2 aromatic heterocycles. The van der Waals surface area contributed by atoms with Crippen molar-refractivity contribution in [3.63, 3.8) is 0 Å². The van der Waals surface area contributed by atoms with Crippen LogP contribution in [0.3, 0.4) is 0 Å². The largest absolute Gasteiger partial charge is 0.497 e. The Bertz CT molecular complexity index is 986. The lowest BCUT2D eigenvalue weighted by Crippen LogP contribution is -2.17. The minimum absolute atomic E-state index is 0.382. The molecule has 2 unspecified atom stereocenters. The van der Waals surface area contributed by atoms with Crippen LogP contribution in [0.25, 0.3) is 22.6 Å². The van der Waals surface area contributed by atoms with Crippen LogP contribution < -0.4 is 9.47 Å². The zero-order valence-corrected chi connectivity index (χ0v) is 16.9. The first kappa shape index (κ1) is 19.3. The van der Waals surface area contributed by atoms with Gasteiger partial charge in [0.05, 0.1) is 18.1 Å².